The second-order valence-corrected chi connectivity index (χ2v) is 5.10. The molecule has 2 rings (SSSR count). The van der Waals surface area contributed by atoms with Gasteiger partial charge in [-0.15, -0.1) is 0 Å². The molecule has 1 aromatic carbocycles. The van der Waals surface area contributed by atoms with Crippen molar-refractivity contribution < 1.29 is 14.6 Å². The summed E-state index contributed by atoms with van der Waals surface area (Å²) in [7, 11) is 1.67. The van der Waals surface area contributed by atoms with E-state index in [-0.39, 0.29) is 5.92 Å². The van der Waals surface area contributed by atoms with E-state index in [0.717, 1.165) is 41.9 Å². The van der Waals surface area contributed by atoms with Crippen molar-refractivity contribution in [2.75, 3.05) is 20.3 Å². The highest BCUT2D eigenvalue weighted by atomic mass is 16.5. The molecule has 100 valence electrons. The molecule has 0 spiro atoms. The first kappa shape index (κ1) is 13.4. The first-order valence-electron chi connectivity index (χ1n) is 6.54. The second kappa shape index (κ2) is 5.72. The van der Waals surface area contributed by atoms with Gasteiger partial charge in [-0.2, -0.15) is 0 Å². The van der Waals surface area contributed by atoms with Gasteiger partial charge in [0.15, 0.2) is 0 Å². The van der Waals surface area contributed by atoms with Crippen LogP contribution in [0.2, 0.25) is 0 Å². The van der Waals surface area contributed by atoms with E-state index in [1.807, 2.05) is 26.0 Å². The second-order valence-electron chi connectivity index (χ2n) is 5.10. The maximum Gasteiger partial charge on any atom is 0.122 e. The smallest absolute Gasteiger partial charge is 0.122 e. The van der Waals surface area contributed by atoms with Crippen molar-refractivity contribution in [3.05, 3.63) is 28.8 Å². The SMILES string of the molecule is COc1cc(C)c(C(O)C2CCCOC2)cc1C. The van der Waals surface area contributed by atoms with E-state index in [1.165, 1.54) is 0 Å². The van der Waals surface area contributed by atoms with Crippen molar-refractivity contribution in [3.8, 4) is 5.75 Å². The van der Waals surface area contributed by atoms with E-state index in [0.29, 0.717) is 6.61 Å². The number of aliphatic hydroxyl groups excluding tert-OH is 1. The van der Waals surface area contributed by atoms with Gasteiger partial charge in [0.2, 0.25) is 0 Å². The Kier molecular flexibility index (Phi) is 4.25. The molecule has 1 aliphatic rings. The number of benzene rings is 1. The Morgan fingerprint density at radius 3 is 2.72 bits per heavy atom. The van der Waals surface area contributed by atoms with Crippen LogP contribution in [0.5, 0.6) is 5.75 Å². The number of ether oxygens (including phenoxy) is 2. The van der Waals surface area contributed by atoms with Gasteiger partial charge in [-0.1, -0.05) is 0 Å². The third-order valence-corrected chi connectivity index (χ3v) is 3.74. The predicted octanol–water partition coefficient (Wildman–Crippen LogP) is 2.77. The fourth-order valence-electron chi connectivity index (χ4n) is 2.62. The number of hydrogen-bond donors (Lipinski definition) is 1. The number of aliphatic hydroxyl groups is 1. The topological polar surface area (TPSA) is 38.7 Å². The standard InChI is InChI=1S/C15H22O3/c1-10-8-14(17-3)11(2)7-13(10)15(16)12-5-4-6-18-9-12/h7-8,12,15-16H,4-6,9H2,1-3H3. The van der Waals surface area contributed by atoms with Gasteiger partial charge in [-0.25, -0.2) is 0 Å². The Morgan fingerprint density at radius 2 is 2.11 bits per heavy atom. The highest BCUT2D eigenvalue weighted by molar-refractivity contribution is 5.42. The van der Waals surface area contributed by atoms with E-state index in [1.54, 1.807) is 7.11 Å². The van der Waals surface area contributed by atoms with Gasteiger partial charge in [-0.05, 0) is 55.5 Å². The molecule has 1 heterocycles. The summed E-state index contributed by atoms with van der Waals surface area (Å²) in [6.07, 6.45) is 1.64. The van der Waals surface area contributed by atoms with Crippen molar-refractivity contribution >= 4 is 0 Å². The molecule has 3 nitrogen and oxygen atoms in total. The summed E-state index contributed by atoms with van der Waals surface area (Å²) in [5, 5.41) is 10.5. The van der Waals surface area contributed by atoms with E-state index < -0.39 is 6.10 Å². The zero-order valence-electron chi connectivity index (χ0n) is 11.4. The highest BCUT2D eigenvalue weighted by Crippen LogP contribution is 2.33. The molecule has 1 fully saturated rings. The average Bonchev–Trinajstić information content (AvgIpc) is 2.41. The third kappa shape index (κ3) is 2.68. The van der Waals surface area contributed by atoms with Crippen molar-refractivity contribution in [1.82, 2.24) is 0 Å². The molecule has 1 N–H and O–H groups in total. The molecule has 0 saturated carbocycles. The molecular weight excluding hydrogens is 228 g/mol. The van der Waals surface area contributed by atoms with Crippen molar-refractivity contribution in [2.45, 2.75) is 32.8 Å². The van der Waals surface area contributed by atoms with Crippen LogP contribution in [0.25, 0.3) is 0 Å². The van der Waals surface area contributed by atoms with Crippen LogP contribution < -0.4 is 4.74 Å². The minimum absolute atomic E-state index is 0.213. The van der Waals surface area contributed by atoms with E-state index in [4.69, 9.17) is 9.47 Å². The molecule has 1 saturated heterocycles. The lowest BCUT2D eigenvalue weighted by Gasteiger charge is -2.28. The maximum absolute atomic E-state index is 10.5. The normalized spacial score (nSPS) is 21.7. The van der Waals surface area contributed by atoms with Gasteiger partial charge >= 0.3 is 0 Å². The summed E-state index contributed by atoms with van der Waals surface area (Å²) < 4.78 is 10.8. The summed E-state index contributed by atoms with van der Waals surface area (Å²) >= 11 is 0. The number of aryl methyl sites for hydroxylation is 2. The molecule has 0 aromatic heterocycles. The predicted molar refractivity (Wildman–Crippen MR) is 71.0 cm³/mol. The van der Waals surface area contributed by atoms with Gasteiger partial charge in [0, 0.05) is 12.5 Å². The van der Waals surface area contributed by atoms with Crippen LogP contribution in [0.4, 0.5) is 0 Å². The fourth-order valence-corrected chi connectivity index (χ4v) is 2.62. The van der Waals surface area contributed by atoms with Gasteiger partial charge in [0.05, 0.1) is 19.8 Å². The quantitative estimate of drug-likeness (QED) is 0.896. The highest BCUT2D eigenvalue weighted by Gasteiger charge is 2.25. The van der Waals surface area contributed by atoms with Crippen LogP contribution in [-0.4, -0.2) is 25.4 Å². The molecule has 2 atom stereocenters. The van der Waals surface area contributed by atoms with Crippen molar-refractivity contribution in [1.29, 1.82) is 0 Å². The van der Waals surface area contributed by atoms with Gasteiger partial charge in [0.1, 0.15) is 5.75 Å². The molecule has 3 heteroatoms. The molecule has 1 aliphatic heterocycles. The van der Waals surface area contributed by atoms with Crippen molar-refractivity contribution in [2.24, 2.45) is 5.92 Å². The Balaban J connectivity index is 2.23. The van der Waals surface area contributed by atoms with Crippen LogP contribution in [0, 0.1) is 19.8 Å². The molecule has 0 aliphatic carbocycles. The fraction of sp³-hybridized carbons (Fsp3) is 0.600. The Bertz CT molecular complexity index is 408. The van der Waals surface area contributed by atoms with E-state index in [2.05, 4.69) is 0 Å². The van der Waals surface area contributed by atoms with Crippen LogP contribution in [-0.2, 0) is 4.74 Å². The molecule has 0 amide bonds. The zero-order valence-corrected chi connectivity index (χ0v) is 11.4. The summed E-state index contributed by atoms with van der Waals surface area (Å²) in [6.45, 7) is 5.51. The minimum atomic E-state index is -0.435. The van der Waals surface area contributed by atoms with Crippen LogP contribution in [0.1, 0.15) is 35.6 Å². The molecule has 18 heavy (non-hydrogen) atoms. The lowest BCUT2D eigenvalue weighted by Crippen LogP contribution is -2.24. The third-order valence-electron chi connectivity index (χ3n) is 3.74. The van der Waals surface area contributed by atoms with Crippen LogP contribution in [0.3, 0.4) is 0 Å². The molecular formula is C15H22O3. The van der Waals surface area contributed by atoms with Crippen LogP contribution in [0.15, 0.2) is 12.1 Å². The Morgan fingerprint density at radius 1 is 1.33 bits per heavy atom. The molecule has 0 radical (unpaired) electrons. The number of methoxy groups -OCH3 is 1. The maximum atomic E-state index is 10.5. The first-order valence-corrected chi connectivity index (χ1v) is 6.54. The molecule has 1 aromatic rings. The lowest BCUT2D eigenvalue weighted by atomic mass is 9.88. The summed E-state index contributed by atoms with van der Waals surface area (Å²) in [5.41, 5.74) is 3.15. The number of hydrogen-bond acceptors (Lipinski definition) is 3. The summed E-state index contributed by atoms with van der Waals surface area (Å²) in [4.78, 5) is 0. The van der Waals surface area contributed by atoms with Crippen molar-refractivity contribution in [3.63, 3.8) is 0 Å². The van der Waals surface area contributed by atoms with E-state index >= 15 is 0 Å². The largest absolute Gasteiger partial charge is 0.496 e. The van der Waals surface area contributed by atoms with Crippen LogP contribution >= 0.6 is 0 Å². The van der Waals surface area contributed by atoms with Gasteiger partial charge < -0.3 is 14.6 Å². The van der Waals surface area contributed by atoms with Gasteiger partial charge in [0.25, 0.3) is 0 Å². The average molecular weight is 250 g/mol. The first-order chi connectivity index (χ1) is 8.63. The summed E-state index contributed by atoms with van der Waals surface area (Å²) in [6, 6.07) is 4.03. The zero-order chi connectivity index (χ0) is 13.1. The lowest BCUT2D eigenvalue weighted by molar-refractivity contribution is -0.0102. The Hall–Kier alpha value is -1.06. The number of rotatable bonds is 3. The molecule has 0 bridgehead atoms. The van der Waals surface area contributed by atoms with Gasteiger partial charge in [-0.3, -0.25) is 0 Å². The monoisotopic (exact) mass is 250 g/mol. The summed E-state index contributed by atoms with van der Waals surface area (Å²) in [5.74, 6) is 1.09. The Labute approximate surface area is 109 Å². The minimum Gasteiger partial charge on any atom is -0.496 e. The van der Waals surface area contributed by atoms with E-state index in [9.17, 15) is 5.11 Å². The molecule has 2 unspecified atom stereocenters.